The van der Waals surface area contributed by atoms with Crippen LogP contribution in [0, 0.1) is 0 Å². The van der Waals surface area contributed by atoms with E-state index in [-0.39, 0.29) is 11.9 Å². The molecule has 0 aliphatic carbocycles. The Morgan fingerprint density at radius 2 is 1.93 bits per heavy atom. The Balaban J connectivity index is 1.33. The van der Waals surface area contributed by atoms with E-state index in [1.54, 1.807) is 18.6 Å². The minimum atomic E-state index is -0.0967. The van der Waals surface area contributed by atoms with Crippen LogP contribution in [-0.4, -0.2) is 42.1 Å². The van der Waals surface area contributed by atoms with E-state index in [0.717, 1.165) is 37.4 Å². The molecular weight excluding hydrogens is 362 g/mol. The average molecular weight is 387 g/mol. The summed E-state index contributed by atoms with van der Waals surface area (Å²) in [5.74, 6) is 0.807. The highest BCUT2D eigenvalue weighted by Gasteiger charge is 2.21. The number of rotatable bonds is 6. The molecule has 1 aromatic carbocycles. The highest BCUT2D eigenvalue weighted by atomic mass is 16.1. The average Bonchev–Trinajstić information content (AvgIpc) is 2.80. The van der Waals surface area contributed by atoms with Gasteiger partial charge in [0.15, 0.2) is 0 Å². The number of nitrogens with zero attached hydrogens (tertiary/aromatic N) is 3. The molecule has 1 atom stereocenters. The van der Waals surface area contributed by atoms with Crippen molar-refractivity contribution in [3.63, 3.8) is 0 Å². The summed E-state index contributed by atoms with van der Waals surface area (Å²) in [6, 6.07) is 18.4. The van der Waals surface area contributed by atoms with Gasteiger partial charge in [-0.2, -0.15) is 0 Å². The second-order valence-electron chi connectivity index (χ2n) is 7.13. The fraction of sp³-hybridized carbons (Fsp3) is 0.261. The molecule has 1 fully saturated rings. The summed E-state index contributed by atoms with van der Waals surface area (Å²) in [5, 5.41) is 6.52. The smallest absolute Gasteiger partial charge is 0.252 e. The molecule has 1 aliphatic rings. The second kappa shape index (κ2) is 9.30. The van der Waals surface area contributed by atoms with Gasteiger partial charge in [-0.05, 0) is 41.8 Å². The number of benzene rings is 1. The fourth-order valence-electron chi connectivity index (χ4n) is 3.55. The molecule has 29 heavy (non-hydrogen) atoms. The quantitative estimate of drug-likeness (QED) is 0.680. The number of pyridine rings is 2. The summed E-state index contributed by atoms with van der Waals surface area (Å²) >= 11 is 0. The van der Waals surface area contributed by atoms with Crippen LogP contribution in [0.5, 0.6) is 0 Å². The number of hydrogen-bond acceptors (Lipinski definition) is 5. The van der Waals surface area contributed by atoms with E-state index in [1.165, 1.54) is 5.56 Å². The number of anilines is 1. The molecule has 1 saturated heterocycles. The topological polar surface area (TPSA) is 70.2 Å². The third kappa shape index (κ3) is 4.97. The van der Waals surface area contributed by atoms with Crippen LogP contribution in [-0.2, 0) is 6.42 Å². The van der Waals surface area contributed by atoms with Gasteiger partial charge < -0.3 is 15.5 Å². The lowest BCUT2D eigenvalue weighted by Crippen LogP contribution is -2.46. The largest absolute Gasteiger partial charge is 0.353 e. The van der Waals surface area contributed by atoms with Gasteiger partial charge >= 0.3 is 0 Å². The van der Waals surface area contributed by atoms with Crippen molar-refractivity contribution in [1.29, 1.82) is 0 Å². The first-order valence-corrected chi connectivity index (χ1v) is 9.96. The summed E-state index contributed by atoms with van der Waals surface area (Å²) in [7, 11) is 0. The molecule has 2 aromatic heterocycles. The van der Waals surface area contributed by atoms with Crippen LogP contribution >= 0.6 is 0 Å². The van der Waals surface area contributed by atoms with Crippen LogP contribution in [0.4, 0.5) is 5.82 Å². The van der Waals surface area contributed by atoms with E-state index < -0.39 is 0 Å². The maximum Gasteiger partial charge on any atom is 0.252 e. The van der Waals surface area contributed by atoms with Gasteiger partial charge in [0.2, 0.25) is 0 Å². The Kier molecular flexibility index (Phi) is 6.12. The number of nitrogens with one attached hydrogen (secondary N) is 2. The summed E-state index contributed by atoms with van der Waals surface area (Å²) in [6.45, 7) is 3.24. The van der Waals surface area contributed by atoms with Crippen molar-refractivity contribution in [2.75, 3.05) is 31.1 Å². The first-order chi connectivity index (χ1) is 14.3. The number of carbonyl (C=O) groups excluding carboxylic acids is 1. The van der Waals surface area contributed by atoms with Crippen LogP contribution in [0.2, 0.25) is 0 Å². The first kappa shape index (κ1) is 19.1. The van der Waals surface area contributed by atoms with Crippen molar-refractivity contribution in [2.24, 2.45) is 0 Å². The lowest BCUT2D eigenvalue weighted by molar-refractivity contribution is 0.0954. The Morgan fingerprint density at radius 1 is 1.10 bits per heavy atom. The molecule has 0 spiro atoms. The van der Waals surface area contributed by atoms with Gasteiger partial charge in [0.1, 0.15) is 5.82 Å². The molecule has 4 rings (SSSR count). The first-order valence-electron chi connectivity index (χ1n) is 9.96. The van der Waals surface area contributed by atoms with Crippen LogP contribution in [0.15, 0.2) is 73.2 Å². The number of hydrogen-bond donors (Lipinski definition) is 2. The maximum atomic E-state index is 12.4. The van der Waals surface area contributed by atoms with Gasteiger partial charge in [0, 0.05) is 50.8 Å². The van der Waals surface area contributed by atoms with Crippen molar-refractivity contribution in [3.05, 3.63) is 89.9 Å². The molecule has 148 valence electrons. The molecule has 6 heteroatoms. The van der Waals surface area contributed by atoms with Crippen molar-refractivity contribution >= 4 is 11.7 Å². The number of piperazine rings is 1. The van der Waals surface area contributed by atoms with Crippen molar-refractivity contribution < 1.29 is 4.79 Å². The van der Waals surface area contributed by atoms with E-state index >= 15 is 0 Å². The maximum absolute atomic E-state index is 12.4. The van der Waals surface area contributed by atoms with Crippen LogP contribution < -0.4 is 15.5 Å². The molecule has 1 aliphatic heterocycles. The fourth-order valence-corrected chi connectivity index (χ4v) is 3.55. The molecule has 6 nitrogen and oxygen atoms in total. The normalized spacial score (nSPS) is 16.4. The van der Waals surface area contributed by atoms with Gasteiger partial charge in [-0.3, -0.25) is 9.78 Å². The third-order valence-corrected chi connectivity index (χ3v) is 5.16. The predicted octanol–water partition coefficient (Wildman–Crippen LogP) is 2.60. The Labute approximate surface area is 171 Å². The SMILES string of the molecule is O=C(NCCc1ccncc1)c1ccc(N2CCNC(c3ccccc3)C2)nc1. The van der Waals surface area contributed by atoms with Crippen molar-refractivity contribution in [2.45, 2.75) is 12.5 Å². The molecule has 1 unspecified atom stereocenters. The van der Waals surface area contributed by atoms with E-state index in [2.05, 4.69) is 49.8 Å². The van der Waals surface area contributed by atoms with Crippen molar-refractivity contribution in [3.8, 4) is 0 Å². The van der Waals surface area contributed by atoms with Gasteiger partial charge in [-0.25, -0.2) is 4.98 Å². The summed E-state index contributed by atoms with van der Waals surface area (Å²) in [6.07, 6.45) is 5.97. The van der Waals surface area contributed by atoms with Crippen molar-refractivity contribution in [1.82, 2.24) is 20.6 Å². The molecule has 0 saturated carbocycles. The zero-order valence-corrected chi connectivity index (χ0v) is 16.3. The van der Waals surface area contributed by atoms with Gasteiger partial charge in [0.25, 0.3) is 5.91 Å². The molecule has 2 N–H and O–H groups in total. The molecule has 0 radical (unpaired) electrons. The van der Waals surface area contributed by atoms with Crippen LogP contribution in [0.1, 0.15) is 27.5 Å². The van der Waals surface area contributed by atoms with Crippen LogP contribution in [0.25, 0.3) is 0 Å². The van der Waals surface area contributed by atoms with Crippen LogP contribution in [0.3, 0.4) is 0 Å². The zero-order chi connectivity index (χ0) is 19.9. The minimum absolute atomic E-state index is 0.0967. The lowest BCUT2D eigenvalue weighted by Gasteiger charge is -2.34. The number of aromatic nitrogens is 2. The van der Waals surface area contributed by atoms with E-state index in [4.69, 9.17) is 0 Å². The standard InChI is InChI=1S/C23H25N5O/c29-23(26-13-10-18-8-11-24-12-9-18)20-6-7-22(27-16-20)28-15-14-25-21(17-28)19-4-2-1-3-5-19/h1-9,11-12,16,21,25H,10,13-15,17H2,(H,26,29). The summed E-state index contributed by atoms with van der Waals surface area (Å²) < 4.78 is 0. The number of carbonyl (C=O) groups is 1. The highest BCUT2D eigenvalue weighted by Crippen LogP contribution is 2.21. The zero-order valence-electron chi connectivity index (χ0n) is 16.3. The molecule has 3 heterocycles. The molecule has 1 amide bonds. The highest BCUT2D eigenvalue weighted by molar-refractivity contribution is 5.94. The Bertz CT molecular complexity index is 915. The molecule has 3 aromatic rings. The number of amides is 1. The van der Waals surface area contributed by atoms with Gasteiger partial charge in [-0.15, -0.1) is 0 Å². The monoisotopic (exact) mass is 387 g/mol. The minimum Gasteiger partial charge on any atom is -0.353 e. The van der Waals surface area contributed by atoms with Gasteiger partial charge in [-0.1, -0.05) is 30.3 Å². The van der Waals surface area contributed by atoms with E-state index in [9.17, 15) is 4.79 Å². The third-order valence-electron chi connectivity index (χ3n) is 5.16. The Morgan fingerprint density at radius 3 is 2.69 bits per heavy atom. The predicted molar refractivity (Wildman–Crippen MR) is 114 cm³/mol. The summed E-state index contributed by atoms with van der Waals surface area (Å²) in [4.78, 5) is 23.2. The Hall–Kier alpha value is -3.25. The van der Waals surface area contributed by atoms with Gasteiger partial charge in [0.05, 0.1) is 5.56 Å². The molecular formula is C23H25N5O. The van der Waals surface area contributed by atoms with E-state index in [0.29, 0.717) is 12.1 Å². The van der Waals surface area contributed by atoms with E-state index in [1.807, 2.05) is 30.3 Å². The molecule has 0 bridgehead atoms. The second-order valence-corrected chi connectivity index (χ2v) is 7.13. The summed E-state index contributed by atoms with van der Waals surface area (Å²) in [5.41, 5.74) is 3.01. The lowest BCUT2D eigenvalue weighted by atomic mass is 10.0.